The predicted molar refractivity (Wildman–Crippen MR) is 77.6 cm³/mol. The molecule has 4 heteroatoms. The van der Waals surface area contributed by atoms with Crippen LogP contribution in [0.2, 0.25) is 0 Å². The molecule has 2 aromatic carbocycles. The van der Waals surface area contributed by atoms with E-state index in [1.807, 2.05) is 13.0 Å². The van der Waals surface area contributed by atoms with Gasteiger partial charge in [0.1, 0.15) is 17.7 Å². The van der Waals surface area contributed by atoms with Crippen molar-refractivity contribution >= 4 is 21.7 Å². The first-order valence-corrected chi connectivity index (χ1v) is 7.09. The lowest BCUT2D eigenvalue weighted by atomic mass is 9.94. The van der Waals surface area contributed by atoms with Crippen LogP contribution in [0.4, 0.5) is 4.39 Å². The summed E-state index contributed by atoms with van der Waals surface area (Å²) in [5.41, 5.74) is 2.24. The van der Waals surface area contributed by atoms with Crippen LogP contribution in [0.3, 0.4) is 0 Å². The normalized spacial score (nSPS) is 17.6. The van der Waals surface area contributed by atoms with Crippen LogP contribution < -0.4 is 4.74 Å². The maximum absolute atomic E-state index is 13.2. The zero-order valence-corrected chi connectivity index (χ0v) is 12.4. The lowest BCUT2D eigenvalue weighted by Gasteiger charge is -2.26. The molecule has 0 radical (unpaired) electrons. The Hall–Kier alpha value is -1.68. The number of carbonyl (C=O) groups excluding carboxylic acids is 1. The minimum atomic E-state index is -0.350. The van der Waals surface area contributed by atoms with Gasteiger partial charge in [0.15, 0.2) is 5.78 Å². The van der Waals surface area contributed by atoms with Crippen LogP contribution in [0.15, 0.2) is 40.9 Å². The van der Waals surface area contributed by atoms with Crippen LogP contribution in [-0.4, -0.2) is 5.78 Å². The molecule has 0 amide bonds. The molecular weight excluding hydrogens is 323 g/mol. The van der Waals surface area contributed by atoms with Crippen molar-refractivity contribution in [3.8, 4) is 5.75 Å². The number of aryl methyl sites for hydroxylation is 1. The molecule has 0 fully saturated rings. The van der Waals surface area contributed by atoms with Crippen molar-refractivity contribution in [2.75, 3.05) is 0 Å². The molecule has 1 aliphatic heterocycles. The summed E-state index contributed by atoms with van der Waals surface area (Å²) in [7, 11) is 0. The van der Waals surface area contributed by atoms with Crippen molar-refractivity contribution in [1.29, 1.82) is 0 Å². The Morgan fingerprint density at radius 1 is 1.25 bits per heavy atom. The third-order valence-corrected chi connectivity index (χ3v) is 3.95. The van der Waals surface area contributed by atoms with E-state index in [0.717, 1.165) is 15.6 Å². The fourth-order valence-corrected chi connectivity index (χ4v) is 2.83. The van der Waals surface area contributed by atoms with Gasteiger partial charge in [-0.25, -0.2) is 4.39 Å². The monoisotopic (exact) mass is 334 g/mol. The van der Waals surface area contributed by atoms with Crippen LogP contribution in [0.25, 0.3) is 0 Å². The van der Waals surface area contributed by atoms with Crippen molar-refractivity contribution in [2.45, 2.75) is 19.4 Å². The molecular formula is C16H12BrFO2. The molecule has 102 valence electrons. The molecule has 0 aliphatic carbocycles. The number of fused-ring (bicyclic) bond motifs is 1. The molecule has 0 saturated heterocycles. The first kappa shape index (κ1) is 13.3. The van der Waals surface area contributed by atoms with Gasteiger partial charge in [0.25, 0.3) is 0 Å². The second-order valence-corrected chi connectivity index (χ2v) is 5.79. The lowest BCUT2D eigenvalue weighted by molar-refractivity contribution is 0.0849. The van der Waals surface area contributed by atoms with E-state index in [1.54, 1.807) is 18.2 Å². The molecule has 0 bridgehead atoms. The fourth-order valence-electron chi connectivity index (χ4n) is 2.47. The average molecular weight is 335 g/mol. The highest BCUT2D eigenvalue weighted by atomic mass is 79.9. The Balaban J connectivity index is 1.99. The molecule has 1 unspecified atom stereocenters. The van der Waals surface area contributed by atoms with E-state index in [2.05, 4.69) is 15.9 Å². The number of Topliss-reactive ketones (excluding diaryl/α,β-unsaturated/α-hetero) is 1. The van der Waals surface area contributed by atoms with Gasteiger partial charge in [0, 0.05) is 4.47 Å². The number of halogens is 2. The van der Waals surface area contributed by atoms with Crippen molar-refractivity contribution in [3.63, 3.8) is 0 Å². The number of ketones is 1. The van der Waals surface area contributed by atoms with Gasteiger partial charge in [0.2, 0.25) is 0 Å². The smallest absolute Gasteiger partial charge is 0.170 e. The van der Waals surface area contributed by atoms with Gasteiger partial charge in [-0.1, -0.05) is 22.0 Å². The van der Waals surface area contributed by atoms with Gasteiger partial charge in [-0.2, -0.15) is 0 Å². The first-order chi connectivity index (χ1) is 9.54. The SMILES string of the molecule is Cc1cc(F)ccc1C1CC(=O)c2cc(Br)ccc2O1. The fraction of sp³-hybridized carbons (Fsp3) is 0.188. The van der Waals surface area contributed by atoms with Crippen LogP contribution in [0.5, 0.6) is 5.75 Å². The number of rotatable bonds is 1. The molecule has 1 aliphatic rings. The summed E-state index contributed by atoms with van der Waals surface area (Å²) >= 11 is 3.35. The summed E-state index contributed by atoms with van der Waals surface area (Å²) < 4.78 is 19.9. The molecule has 0 aromatic heterocycles. The van der Waals surface area contributed by atoms with Gasteiger partial charge in [-0.15, -0.1) is 0 Å². The highest BCUT2D eigenvalue weighted by molar-refractivity contribution is 9.10. The predicted octanol–water partition coefficient (Wildman–Crippen LogP) is 4.60. The van der Waals surface area contributed by atoms with Gasteiger partial charge >= 0.3 is 0 Å². The summed E-state index contributed by atoms with van der Waals surface area (Å²) in [5.74, 6) is 0.345. The van der Waals surface area contributed by atoms with E-state index in [9.17, 15) is 9.18 Å². The Labute approximate surface area is 124 Å². The third-order valence-electron chi connectivity index (χ3n) is 3.46. The number of carbonyl (C=O) groups is 1. The summed E-state index contributed by atoms with van der Waals surface area (Å²) in [6.07, 6.45) is -0.0765. The highest BCUT2D eigenvalue weighted by Crippen LogP contribution is 2.37. The zero-order valence-electron chi connectivity index (χ0n) is 10.8. The third kappa shape index (κ3) is 2.36. The average Bonchev–Trinajstić information content (AvgIpc) is 2.39. The van der Waals surface area contributed by atoms with Crippen LogP contribution in [-0.2, 0) is 0 Å². The Morgan fingerprint density at radius 3 is 2.80 bits per heavy atom. The number of benzene rings is 2. The van der Waals surface area contributed by atoms with E-state index >= 15 is 0 Å². The summed E-state index contributed by atoms with van der Waals surface area (Å²) in [6.45, 7) is 1.82. The molecule has 0 N–H and O–H groups in total. The van der Waals surface area contributed by atoms with E-state index in [-0.39, 0.29) is 24.1 Å². The van der Waals surface area contributed by atoms with Crippen LogP contribution in [0, 0.1) is 12.7 Å². The molecule has 2 aromatic rings. The molecule has 0 spiro atoms. The summed E-state index contributed by atoms with van der Waals surface area (Å²) in [5, 5.41) is 0. The van der Waals surface area contributed by atoms with Crippen LogP contribution >= 0.6 is 15.9 Å². The Morgan fingerprint density at radius 2 is 2.05 bits per heavy atom. The second kappa shape index (κ2) is 5.02. The Bertz CT molecular complexity index is 697. The number of hydrogen-bond donors (Lipinski definition) is 0. The maximum atomic E-state index is 13.2. The zero-order chi connectivity index (χ0) is 14.3. The van der Waals surface area contributed by atoms with E-state index < -0.39 is 0 Å². The quantitative estimate of drug-likeness (QED) is 0.761. The first-order valence-electron chi connectivity index (χ1n) is 6.30. The number of hydrogen-bond acceptors (Lipinski definition) is 2. The summed E-state index contributed by atoms with van der Waals surface area (Å²) in [6, 6.07) is 9.93. The minimum absolute atomic E-state index is 0.0428. The van der Waals surface area contributed by atoms with Crippen molar-refractivity contribution in [2.24, 2.45) is 0 Å². The van der Waals surface area contributed by atoms with E-state index in [0.29, 0.717) is 11.3 Å². The van der Waals surface area contributed by atoms with E-state index in [1.165, 1.54) is 12.1 Å². The second-order valence-electron chi connectivity index (χ2n) is 4.88. The molecule has 1 heterocycles. The van der Waals surface area contributed by atoms with Crippen LogP contribution in [0.1, 0.15) is 34.0 Å². The topological polar surface area (TPSA) is 26.3 Å². The maximum Gasteiger partial charge on any atom is 0.170 e. The highest BCUT2D eigenvalue weighted by Gasteiger charge is 2.28. The lowest BCUT2D eigenvalue weighted by Crippen LogP contribution is -2.21. The minimum Gasteiger partial charge on any atom is -0.484 e. The van der Waals surface area contributed by atoms with Gasteiger partial charge in [-0.3, -0.25) is 4.79 Å². The molecule has 3 rings (SSSR count). The van der Waals surface area contributed by atoms with Gasteiger partial charge in [0.05, 0.1) is 12.0 Å². The van der Waals surface area contributed by atoms with Crippen molar-refractivity contribution < 1.29 is 13.9 Å². The van der Waals surface area contributed by atoms with Crippen molar-refractivity contribution in [1.82, 2.24) is 0 Å². The van der Waals surface area contributed by atoms with Gasteiger partial charge < -0.3 is 4.74 Å². The largest absolute Gasteiger partial charge is 0.484 e. The Kier molecular flexibility index (Phi) is 3.34. The van der Waals surface area contributed by atoms with Crippen molar-refractivity contribution in [3.05, 3.63) is 63.4 Å². The molecule has 2 nitrogen and oxygen atoms in total. The summed E-state index contributed by atoms with van der Waals surface area (Å²) in [4.78, 5) is 12.2. The van der Waals surface area contributed by atoms with E-state index in [4.69, 9.17) is 4.74 Å². The molecule has 20 heavy (non-hydrogen) atoms. The van der Waals surface area contributed by atoms with Gasteiger partial charge in [-0.05, 0) is 48.4 Å². The standard InChI is InChI=1S/C16H12BrFO2/c1-9-6-11(18)3-4-12(9)16-8-14(19)13-7-10(17)2-5-15(13)20-16/h2-7,16H,8H2,1H3. The number of ether oxygens (including phenoxy) is 1. The molecule has 0 saturated carbocycles. The molecule has 1 atom stereocenters.